The van der Waals surface area contributed by atoms with Crippen molar-refractivity contribution in [3.05, 3.63) is 35.9 Å². The molecule has 0 radical (unpaired) electrons. The molecule has 2 atom stereocenters. The molecule has 1 aromatic heterocycles. The van der Waals surface area contributed by atoms with E-state index in [1.165, 1.54) is 0 Å². The quantitative estimate of drug-likeness (QED) is 0.937. The van der Waals surface area contributed by atoms with Gasteiger partial charge in [0.05, 0.1) is 23.3 Å². The van der Waals surface area contributed by atoms with Crippen LogP contribution in [0.2, 0.25) is 0 Å². The molecule has 21 heavy (non-hydrogen) atoms. The van der Waals surface area contributed by atoms with E-state index in [0.29, 0.717) is 11.6 Å². The van der Waals surface area contributed by atoms with Crippen LogP contribution in [0.25, 0.3) is 10.9 Å². The van der Waals surface area contributed by atoms with E-state index in [1.54, 1.807) is 7.11 Å². The van der Waals surface area contributed by atoms with Crippen molar-refractivity contribution in [2.45, 2.75) is 32.4 Å². The summed E-state index contributed by atoms with van der Waals surface area (Å²) in [4.78, 5) is 4.62. The molecule has 3 rings (SSSR count). The van der Waals surface area contributed by atoms with Crippen LogP contribution in [0.5, 0.6) is 0 Å². The largest absolute Gasteiger partial charge is 0.381 e. The minimum Gasteiger partial charge on any atom is -0.381 e. The Morgan fingerprint density at radius 2 is 2.14 bits per heavy atom. The summed E-state index contributed by atoms with van der Waals surface area (Å²) in [6.07, 6.45) is 1.23. The highest BCUT2D eigenvalue weighted by molar-refractivity contribution is 5.86. The fourth-order valence-electron chi connectivity index (χ4n) is 3.05. The van der Waals surface area contributed by atoms with Gasteiger partial charge in [-0.2, -0.15) is 5.26 Å². The molecule has 2 unspecified atom stereocenters. The normalized spacial score (nSPS) is 23.3. The van der Waals surface area contributed by atoms with Gasteiger partial charge in [0.2, 0.25) is 0 Å². The first-order valence-electron chi connectivity index (χ1n) is 7.15. The second-order valence-corrected chi connectivity index (χ2v) is 6.16. The van der Waals surface area contributed by atoms with Gasteiger partial charge in [0.1, 0.15) is 5.82 Å². The molecule has 0 amide bonds. The van der Waals surface area contributed by atoms with Crippen LogP contribution in [0.15, 0.2) is 30.3 Å². The molecule has 1 aliphatic rings. The summed E-state index contributed by atoms with van der Waals surface area (Å²) in [5.74, 6) is 0.762. The van der Waals surface area contributed by atoms with Gasteiger partial charge < -0.3 is 10.1 Å². The van der Waals surface area contributed by atoms with Crippen molar-refractivity contribution in [2.75, 3.05) is 12.4 Å². The minimum absolute atomic E-state index is 0.0644. The summed E-state index contributed by atoms with van der Waals surface area (Å²) in [5, 5.41) is 13.7. The van der Waals surface area contributed by atoms with E-state index in [0.717, 1.165) is 23.1 Å². The maximum Gasteiger partial charge on any atom is 0.128 e. The third-order valence-corrected chi connectivity index (χ3v) is 4.62. The SMILES string of the molecule is COC1CC(Nc2cc(C#N)c3ccccc3n2)C1(C)C. The minimum atomic E-state index is 0.0644. The van der Waals surface area contributed by atoms with Crippen LogP contribution in [0.3, 0.4) is 0 Å². The zero-order valence-corrected chi connectivity index (χ0v) is 12.6. The smallest absolute Gasteiger partial charge is 0.128 e. The topological polar surface area (TPSA) is 57.9 Å². The lowest BCUT2D eigenvalue weighted by Crippen LogP contribution is -2.57. The van der Waals surface area contributed by atoms with Crippen molar-refractivity contribution >= 4 is 16.7 Å². The first-order valence-corrected chi connectivity index (χ1v) is 7.15. The van der Waals surface area contributed by atoms with E-state index in [-0.39, 0.29) is 11.5 Å². The molecule has 4 heteroatoms. The summed E-state index contributed by atoms with van der Waals surface area (Å²) < 4.78 is 5.47. The molecule has 2 aromatic rings. The van der Waals surface area contributed by atoms with E-state index >= 15 is 0 Å². The molecule has 1 saturated carbocycles. The van der Waals surface area contributed by atoms with Gasteiger partial charge in [-0.15, -0.1) is 0 Å². The lowest BCUT2D eigenvalue weighted by Gasteiger charge is -2.51. The van der Waals surface area contributed by atoms with E-state index in [9.17, 15) is 5.26 Å². The number of ether oxygens (including phenoxy) is 1. The lowest BCUT2D eigenvalue weighted by molar-refractivity contribution is -0.0795. The number of nitrogens with zero attached hydrogens (tertiary/aromatic N) is 2. The van der Waals surface area contributed by atoms with Crippen molar-refractivity contribution in [3.63, 3.8) is 0 Å². The Morgan fingerprint density at radius 3 is 2.81 bits per heavy atom. The summed E-state index contributed by atoms with van der Waals surface area (Å²) in [6.45, 7) is 4.38. The molecule has 1 aliphatic carbocycles. The number of hydrogen-bond acceptors (Lipinski definition) is 4. The van der Waals surface area contributed by atoms with Crippen molar-refractivity contribution in [1.29, 1.82) is 5.26 Å². The second kappa shape index (κ2) is 5.01. The van der Waals surface area contributed by atoms with Gasteiger partial charge in [0.25, 0.3) is 0 Å². The van der Waals surface area contributed by atoms with E-state index in [2.05, 4.69) is 30.2 Å². The van der Waals surface area contributed by atoms with Crippen LogP contribution in [0.1, 0.15) is 25.8 Å². The average molecular weight is 281 g/mol. The van der Waals surface area contributed by atoms with Crippen LogP contribution in [0, 0.1) is 16.7 Å². The average Bonchev–Trinajstić information content (AvgIpc) is 2.50. The fraction of sp³-hybridized carbons (Fsp3) is 0.412. The van der Waals surface area contributed by atoms with Crippen molar-refractivity contribution in [3.8, 4) is 6.07 Å². The van der Waals surface area contributed by atoms with E-state index in [1.807, 2.05) is 30.3 Å². The number of fused-ring (bicyclic) bond motifs is 1. The molecule has 0 spiro atoms. The Hall–Kier alpha value is -2.12. The molecule has 1 fully saturated rings. The highest BCUT2D eigenvalue weighted by Crippen LogP contribution is 2.44. The van der Waals surface area contributed by atoms with Crippen LogP contribution < -0.4 is 5.32 Å². The molecule has 1 aromatic carbocycles. The summed E-state index contributed by atoms with van der Waals surface area (Å²) in [7, 11) is 1.75. The van der Waals surface area contributed by atoms with Crippen LogP contribution in [0.4, 0.5) is 5.82 Å². The maximum absolute atomic E-state index is 9.32. The first kappa shape index (κ1) is 13.8. The number of nitriles is 1. The molecule has 1 heterocycles. The molecular formula is C17H19N3O. The molecular weight excluding hydrogens is 262 g/mol. The standard InChI is InChI=1S/C17H19N3O/c1-17(2)14(9-15(17)21-3)20-16-8-11(10-18)12-6-4-5-7-13(12)19-16/h4-8,14-15H,9H2,1-3H3,(H,19,20). The van der Waals surface area contributed by atoms with Crippen LogP contribution in [-0.4, -0.2) is 24.2 Å². The zero-order chi connectivity index (χ0) is 15.0. The molecule has 108 valence electrons. The third kappa shape index (κ3) is 2.24. The van der Waals surface area contributed by atoms with Crippen molar-refractivity contribution in [2.24, 2.45) is 5.41 Å². The summed E-state index contributed by atoms with van der Waals surface area (Å²) in [5.41, 5.74) is 1.57. The fourth-order valence-corrected chi connectivity index (χ4v) is 3.05. The summed E-state index contributed by atoms with van der Waals surface area (Å²) in [6, 6.07) is 12.1. The van der Waals surface area contributed by atoms with E-state index < -0.39 is 0 Å². The number of para-hydroxylation sites is 1. The molecule has 0 bridgehead atoms. The number of pyridine rings is 1. The van der Waals surface area contributed by atoms with Gasteiger partial charge in [0, 0.05) is 24.0 Å². The third-order valence-electron chi connectivity index (χ3n) is 4.62. The van der Waals surface area contributed by atoms with Crippen LogP contribution in [-0.2, 0) is 4.74 Å². The predicted octanol–water partition coefficient (Wildman–Crippen LogP) is 3.33. The molecule has 4 nitrogen and oxygen atoms in total. The first-order chi connectivity index (χ1) is 10.1. The predicted molar refractivity (Wildman–Crippen MR) is 83.1 cm³/mol. The number of methoxy groups -OCH3 is 1. The Morgan fingerprint density at radius 1 is 1.38 bits per heavy atom. The van der Waals surface area contributed by atoms with Gasteiger partial charge in [-0.25, -0.2) is 4.98 Å². The molecule has 0 saturated heterocycles. The maximum atomic E-state index is 9.32. The Labute approximate surface area is 124 Å². The monoisotopic (exact) mass is 281 g/mol. The number of benzene rings is 1. The summed E-state index contributed by atoms with van der Waals surface area (Å²) >= 11 is 0. The number of aromatic nitrogens is 1. The highest BCUT2D eigenvalue weighted by atomic mass is 16.5. The van der Waals surface area contributed by atoms with Gasteiger partial charge in [-0.05, 0) is 18.6 Å². The molecule has 0 aliphatic heterocycles. The number of hydrogen-bond donors (Lipinski definition) is 1. The van der Waals surface area contributed by atoms with Crippen molar-refractivity contribution in [1.82, 2.24) is 4.98 Å². The number of anilines is 1. The number of nitrogens with one attached hydrogen (secondary N) is 1. The van der Waals surface area contributed by atoms with Gasteiger partial charge in [0.15, 0.2) is 0 Å². The molecule has 1 N–H and O–H groups in total. The van der Waals surface area contributed by atoms with Gasteiger partial charge in [-0.3, -0.25) is 0 Å². The zero-order valence-electron chi connectivity index (χ0n) is 12.6. The Bertz CT molecular complexity index is 718. The lowest BCUT2D eigenvalue weighted by atomic mass is 9.64. The number of rotatable bonds is 3. The van der Waals surface area contributed by atoms with E-state index in [4.69, 9.17) is 4.74 Å². The van der Waals surface area contributed by atoms with Gasteiger partial charge in [-0.1, -0.05) is 32.0 Å². The van der Waals surface area contributed by atoms with Crippen LogP contribution >= 0.6 is 0 Å². The van der Waals surface area contributed by atoms with Gasteiger partial charge >= 0.3 is 0 Å². The Balaban J connectivity index is 1.91. The Kier molecular flexibility index (Phi) is 3.30. The second-order valence-electron chi connectivity index (χ2n) is 6.16. The van der Waals surface area contributed by atoms with Crippen molar-refractivity contribution < 1.29 is 4.74 Å². The highest BCUT2D eigenvalue weighted by Gasteiger charge is 2.48.